The van der Waals surface area contributed by atoms with Crippen molar-refractivity contribution in [1.29, 1.82) is 5.26 Å². The van der Waals surface area contributed by atoms with E-state index in [9.17, 15) is 4.79 Å². The maximum Gasteiger partial charge on any atom is 0.303 e. The fraction of sp³-hybridized carbons (Fsp3) is 0.800. The molecule has 0 saturated carbocycles. The maximum absolute atomic E-state index is 10.4. The van der Waals surface area contributed by atoms with Gasteiger partial charge in [0, 0.05) is 13.0 Å². The van der Waals surface area contributed by atoms with Crippen molar-refractivity contribution in [3.05, 3.63) is 0 Å². The average Bonchev–Trinajstić information content (AvgIpc) is 2.16. The zero-order chi connectivity index (χ0) is 10.4. The highest BCUT2D eigenvalue weighted by molar-refractivity contribution is 5.66. The van der Waals surface area contributed by atoms with Crippen molar-refractivity contribution in [3.63, 3.8) is 0 Å². The standard InChI is InChI=1S/C10H16N2O2/c11-5-7-12-6-1-2-9(8-12)3-4-10(13)14/h9H,1-4,6-8H2,(H,13,14). The number of nitriles is 1. The first kappa shape index (κ1) is 11.0. The molecule has 1 saturated heterocycles. The van der Waals surface area contributed by atoms with Crippen LogP contribution in [-0.2, 0) is 4.79 Å². The first-order valence-electron chi connectivity index (χ1n) is 5.03. The van der Waals surface area contributed by atoms with E-state index >= 15 is 0 Å². The summed E-state index contributed by atoms with van der Waals surface area (Å²) in [7, 11) is 0. The molecular weight excluding hydrogens is 180 g/mol. The number of aliphatic carboxylic acids is 1. The van der Waals surface area contributed by atoms with Gasteiger partial charge in [-0.25, -0.2) is 0 Å². The van der Waals surface area contributed by atoms with Gasteiger partial charge in [0.2, 0.25) is 0 Å². The Morgan fingerprint density at radius 2 is 2.43 bits per heavy atom. The van der Waals surface area contributed by atoms with Crippen LogP contribution in [0.25, 0.3) is 0 Å². The molecule has 0 aliphatic carbocycles. The summed E-state index contributed by atoms with van der Waals surface area (Å²) in [6.07, 6.45) is 3.20. The van der Waals surface area contributed by atoms with Crippen LogP contribution in [0.5, 0.6) is 0 Å². The van der Waals surface area contributed by atoms with E-state index in [2.05, 4.69) is 11.0 Å². The molecule has 0 amide bonds. The van der Waals surface area contributed by atoms with E-state index in [1.807, 2.05) is 0 Å². The summed E-state index contributed by atoms with van der Waals surface area (Å²) in [4.78, 5) is 12.5. The molecule has 4 nitrogen and oxygen atoms in total. The highest BCUT2D eigenvalue weighted by atomic mass is 16.4. The van der Waals surface area contributed by atoms with Gasteiger partial charge in [0.25, 0.3) is 0 Å². The molecule has 1 rings (SSSR count). The summed E-state index contributed by atoms with van der Waals surface area (Å²) in [5.41, 5.74) is 0. The number of carbonyl (C=O) groups is 1. The Labute approximate surface area is 84.1 Å². The van der Waals surface area contributed by atoms with Gasteiger partial charge in [-0.3, -0.25) is 9.69 Å². The van der Waals surface area contributed by atoms with Crippen LogP contribution < -0.4 is 0 Å². The summed E-state index contributed by atoms with van der Waals surface area (Å²) in [6.45, 7) is 2.35. The Kier molecular flexibility index (Phi) is 4.41. The molecule has 1 heterocycles. The van der Waals surface area contributed by atoms with E-state index in [1.54, 1.807) is 0 Å². The predicted octanol–water partition coefficient (Wildman–Crippen LogP) is 1.09. The Morgan fingerprint density at radius 3 is 3.07 bits per heavy atom. The number of rotatable bonds is 4. The van der Waals surface area contributed by atoms with Crippen LogP contribution in [0, 0.1) is 17.2 Å². The lowest BCUT2D eigenvalue weighted by Crippen LogP contribution is -2.35. The number of hydrogen-bond donors (Lipinski definition) is 1. The number of carboxylic acids is 1. The van der Waals surface area contributed by atoms with Crippen LogP contribution in [0.15, 0.2) is 0 Å². The summed E-state index contributed by atoms with van der Waals surface area (Å²) in [5, 5.41) is 17.1. The van der Waals surface area contributed by atoms with Gasteiger partial charge in [0.15, 0.2) is 0 Å². The van der Waals surface area contributed by atoms with E-state index in [4.69, 9.17) is 10.4 Å². The summed E-state index contributed by atoms with van der Waals surface area (Å²) in [5.74, 6) is -0.254. The molecule has 1 atom stereocenters. The van der Waals surface area contributed by atoms with Crippen molar-refractivity contribution in [2.24, 2.45) is 5.92 Å². The third-order valence-electron chi connectivity index (χ3n) is 2.66. The zero-order valence-electron chi connectivity index (χ0n) is 8.28. The van der Waals surface area contributed by atoms with Gasteiger partial charge in [-0.05, 0) is 31.7 Å². The number of hydrogen-bond acceptors (Lipinski definition) is 3. The summed E-state index contributed by atoms with van der Waals surface area (Å²) in [6, 6.07) is 2.13. The Hall–Kier alpha value is -1.08. The number of piperidine rings is 1. The topological polar surface area (TPSA) is 64.3 Å². The van der Waals surface area contributed by atoms with Crippen molar-refractivity contribution in [3.8, 4) is 6.07 Å². The van der Waals surface area contributed by atoms with E-state index in [0.29, 0.717) is 12.5 Å². The Morgan fingerprint density at radius 1 is 1.64 bits per heavy atom. The Balaban J connectivity index is 2.26. The fourth-order valence-corrected chi connectivity index (χ4v) is 1.96. The largest absolute Gasteiger partial charge is 0.481 e. The second-order valence-electron chi connectivity index (χ2n) is 3.83. The second-order valence-corrected chi connectivity index (χ2v) is 3.83. The molecule has 78 valence electrons. The average molecular weight is 196 g/mol. The third kappa shape index (κ3) is 3.75. The van der Waals surface area contributed by atoms with Crippen LogP contribution >= 0.6 is 0 Å². The number of likely N-dealkylation sites (tertiary alicyclic amines) is 1. The van der Waals surface area contributed by atoms with Gasteiger partial charge in [-0.15, -0.1) is 0 Å². The van der Waals surface area contributed by atoms with Gasteiger partial charge >= 0.3 is 5.97 Å². The van der Waals surface area contributed by atoms with Gasteiger partial charge in [-0.2, -0.15) is 5.26 Å². The minimum atomic E-state index is -0.720. The van der Waals surface area contributed by atoms with Crippen molar-refractivity contribution >= 4 is 5.97 Å². The van der Waals surface area contributed by atoms with E-state index in [0.717, 1.165) is 32.4 Å². The molecule has 1 N–H and O–H groups in total. The molecule has 14 heavy (non-hydrogen) atoms. The lowest BCUT2D eigenvalue weighted by molar-refractivity contribution is -0.137. The zero-order valence-corrected chi connectivity index (χ0v) is 8.28. The molecule has 0 aromatic rings. The second kappa shape index (κ2) is 5.61. The first-order chi connectivity index (χ1) is 6.72. The number of nitrogens with zero attached hydrogens (tertiary/aromatic N) is 2. The monoisotopic (exact) mass is 196 g/mol. The molecule has 0 spiro atoms. The van der Waals surface area contributed by atoms with Crippen LogP contribution in [0.2, 0.25) is 0 Å². The molecule has 1 aliphatic rings. The molecule has 1 unspecified atom stereocenters. The predicted molar refractivity (Wildman–Crippen MR) is 51.6 cm³/mol. The molecule has 1 fully saturated rings. The lowest BCUT2D eigenvalue weighted by Gasteiger charge is -2.30. The summed E-state index contributed by atoms with van der Waals surface area (Å²) >= 11 is 0. The number of carboxylic acid groups (broad SMARTS) is 1. The summed E-state index contributed by atoms with van der Waals surface area (Å²) < 4.78 is 0. The van der Waals surface area contributed by atoms with Gasteiger partial charge in [0.1, 0.15) is 0 Å². The molecule has 1 aliphatic heterocycles. The van der Waals surface area contributed by atoms with Gasteiger partial charge < -0.3 is 5.11 Å². The molecule has 0 radical (unpaired) electrons. The molecular formula is C10H16N2O2. The molecule has 0 bridgehead atoms. The highest BCUT2D eigenvalue weighted by Crippen LogP contribution is 2.20. The van der Waals surface area contributed by atoms with Crippen LogP contribution in [0.1, 0.15) is 25.7 Å². The van der Waals surface area contributed by atoms with Crippen molar-refractivity contribution < 1.29 is 9.90 Å². The smallest absolute Gasteiger partial charge is 0.303 e. The van der Waals surface area contributed by atoms with Crippen molar-refractivity contribution in [2.45, 2.75) is 25.7 Å². The van der Waals surface area contributed by atoms with Crippen molar-refractivity contribution in [1.82, 2.24) is 4.90 Å². The third-order valence-corrected chi connectivity index (χ3v) is 2.66. The molecule has 0 aromatic heterocycles. The quantitative estimate of drug-likeness (QED) is 0.683. The van der Waals surface area contributed by atoms with Crippen LogP contribution in [-0.4, -0.2) is 35.6 Å². The van der Waals surface area contributed by atoms with Gasteiger partial charge in [-0.1, -0.05) is 0 Å². The van der Waals surface area contributed by atoms with Crippen LogP contribution in [0.3, 0.4) is 0 Å². The van der Waals surface area contributed by atoms with E-state index in [-0.39, 0.29) is 6.42 Å². The highest BCUT2D eigenvalue weighted by Gasteiger charge is 2.19. The Bertz CT molecular complexity index is 235. The lowest BCUT2D eigenvalue weighted by atomic mass is 9.93. The first-order valence-corrected chi connectivity index (χ1v) is 5.03. The van der Waals surface area contributed by atoms with E-state index < -0.39 is 5.97 Å². The normalized spacial score (nSPS) is 22.9. The van der Waals surface area contributed by atoms with E-state index in [1.165, 1.54) is 0 Å². The van der Waals surface area contributed by atoms with Gasteiger partial charge in [0.05, 0.1) is 12.6 Å². The maximum atomic E-state index is 10.4. The fourth-order valence-electron chi connectivity index (χ4n) is 1.96. The minimum Gasteiger partial charge on any atom is -0.481 e. The minimum absolute atomic E-state index is 0.255. The molecule has 4 heteroatoms. The van der Waals surface area contributed by atoms with Crippen LogP contribution in [0.4, 0.5) is 0 Å². The SMILES string of the molecule is N#CCN1CCCC(CCC(=O)O)C1. The van der Waals surface area contributed by atoms with Crippen molar-refractivity contribution in [2.75, 3.05) is 19.6 Å². The molecule has 0 aromatic carbocycles.